The topological polar surface area (TPSA) is 65.5 Å². The van der Waals surface area contributed by atoms with Crippen LogP contribution in [0.2, 0.25) is 0 Å². The first-order valence-corrected chi connectivity index (χ1v) is 8.37. The van der Waals surface area contributed by atoms with Gasteiger partial charge in [0.1, 0.15) is 5.82 Å². The Morgan fingerprint density at radius 2 is 1.92 bits per heavy atom. The normalized spacial score (nSPS) is 15.3. The Morgan fingerprint density at radius 3 is 2.62 bits per heavy atom. The van der Waals surface area contributed by atoms with Crippen LogP contribution in [0.15, 0.2) is 42.5 Å². The van der Waals surface area contributed by atoms with E-state index in [-0.39, 0.29) is 0 Å². The molecule has 1 aliphatic heterocycles. The summed E-state index contributed by atoms with van der Waals surface area (Å²) in [7, 11) is 0. The first-order chi connectivity index (χ1) is 11.6. The van der Waals surface area contributed by atoms with E-state index in [0.717, 1.165) is 30.2 Å². The van der Waals surface area contributed by atoms with E-state index in [2.05, 4.69) is 15.2 Å². The highest BCUT2D eigenvalue weighted by Crippen LogP contribution is 2.23. The number of benzene rings is 1. The predicted molar refractivity (Wildman–Crippen MR) is 93.7 cm³/mol. The van der Waals surface area contributed by atoms with Gasteiger partial charge in [0, 0.05) is 30.9 Å². The fourth-order valence-corrected chi connectivity index (χ4v) is 2.98. The van der Waals surface area contributed by atoms with E-state index in [1.54, 1.807) is 24.3 Å². The van der Waals surface area contributed by atoms with Gasteiger partial charge in [0.15, 0.2) is 6.10 Å². The molecular weight excluding hydrogens is 302 g/mol. The molecule has 5 heteroatoms. The monoisotopic (exact) mass is 325 g/mol. The molecule has 0 spiro atoms. The van der Waals surface area contributed by atoms with Crippen molar-refractivity contribution >= 4 is 11.7 Å². The summed E-state index contributed by atoms with van der Waals surface area (Å²) in [6.45, 7) is 4.34. The summed E-state index contributed by atoms with van der Waals surface area (Å²) in [6.07, 6.45) is 1.20. The molecule has 2 N–H and O–H groups in total. The van der Waals surface area contributed by atoms with Crippen LogP contribution in [-0.2, 0) is 11.3 Å². The number of aromatic nitrogens is 1. The van der Waals surface area contributed by atoms with Crippen LogP contribution in [0.3, 0.4) is 0 Å². The average molecular weight is 325 g/mol. The largest absolute Gasteiger partial charge is 0.378 e. The molecule has 2 heterocycles. The Balaban J connectivity index is 1.69. The number of aliphatic hydroxyl groups is 1. The second-order valence-electron chi connectivity index (χ2n) is 6.16. The Kier molecular flexibility index (Phi) is 5.11. The zero-order chi connectivity index (χ0) is 16.9. The molecule has 1 aromatic heterocycles. The summed E-state index contributed by atoms with van der Waals surface area (Å²) < 4.78 is 0. The van der Waals surface area contributed by atoms with Gasteiger partial charge in [0.25, 0.3) is 5.91 Å². The van der Waals surface area contributed by atoms with E-state index >= 15 is 0 Å². The molecule has 2 aromatic rings. The van der Waals surface area contributed by atoms with Crippen LogP contribution in [0, 0.1) is 6.92 Å². The lowest BCUT2D eigenvalue weighted by atomic mass is 10.1. The zero-order valence-corrected chi connectivity index (χ0v) is 13.9. The third-order valence-electron chi connectivity index (χ3n) is 4.32. The van der Waals surface area contributed by atoms with E-state index in [0.29, 0.717) is 12.1 Å². The fraction of sp³-hybridized carbons (Fsp3) is 0.368. The lowest BCUT2D eigenvalue weighted by Gasteiger charge is -2.21. The van der Waals surface area contributed by atoms with Crippen molar-refractivity contribution in [3.8, 4) is 0 Å². The smallest absolute Gasteiger partial charge is 0.253 e. The van der Waals surface area contributed by atoms with Crippen molar-refractivity contribution in [1.82, 2.24) is 10.3 Å². The number of pyridine rings is 1. The first-order valence-electron chi connectivity index (χ1n) is 8.37. The van der Waals surface area contributed by atoms with Gasteiger partial charge >= 0.3 is 0 Å². The molecule has 0 bridgehead atoms. The summed E-state index contributed by atoms with van der Waals surface area (Å²) >= 11 is 0. The minimum absolute atomic E-state index is 0.363. The lowest BCUT2D eigenvalue weighted by molar-refractivity contribution is -0.129. The molecule has 1 saturated heterocycles. The summed E-state index contributed by atoms with van der Waals surface area (Å²) in [5.41, 5.74) is 2.55. The first kappa shape index (κ1) is 16.5. The molecule has 5 nitrogen and oxygen atoms in total. The van der Waals surface area contributed by atoms with Gasteiger partial charge in [-0.25, -0.2) is 4.98 Å². The maximum atomic E-state index is 12.2. The Morgan fingerprint density at radius 1 is 1.21 bits per heavy atom. The number of nitrogens with zero attached hydrogens (tertiary/aromatic N) is 2. The molecule has 1 fully saturated rings. The van der Waals surface area contributed by atoms with Crippen molar-refractivity contribution in [3.05, 3.63) is 59.3 Å². The van der Waals surface area contributed by atoms with Gasteiger partial charge in [-0.1, -0.05) is 36.4 Å². The van der Waals surface area contributed by atoms with Crippen LogP contribution in [0.1, 0.15) is 35.8 Å². The van der Waals surface area contributed by atoms with Crippen molar-refractivity contribution < 1.29 is 9.90 Å². The molecule has 1 atom stereocenters. The van der Waals surface area contributed by atoms with E-state index in [9.17, 15) is 9.90 Å². The number of carbonyl (C=O) groups excluding carboxylic acids is 1. The highest BCUT2D eigenvalue weighted by molar-refractivity contribution is 5.82. The lowest BCUT2D eigenvalue weighted by Crippen LogP contribution is -2.30. The van der Waals surface area contributed by atoms with Gasteiger partial charge in [0.05, 0.1) is 0 Å². The van der Waals surface area contributed by atoms with Crippen LogP contribution in [-0.4, -0.2) is 29.1 Å². The number of carbonyl (C=O) groups is 1. The maximum Gasteiger partial charge on any atom is 0.253 e. The molecule has 24 heavy (non-hydrogen) atoms. The van der Waals surface area contributed by atoms with Gasteiger partial charge in [-0.3, -0.25) is 4.79 Å². The van der Waals surface area contributed by atoms with E-state index in [4.69, 9.17) is 0 Å². The number of nitrogens with one attached hydrogen (secondary N) is 1. The Hall–Kier alpha value is -2.40. The minimum atomic E-state index is -1.15. The summed E-state index contributed by atoms with van der Waals surface area (Å²) in [6, 6.07) is 12.9. The number of anilines is 1. The summed E-state index contributed by atoms with van der Waals surface area (Å²) in [5.74, 6) is 0.552. The molecule has 0 radical (unpaired) electrons. The predicted octanol–water partition coefficient (Wildman–Crippen LogP) is 2.34. The van der Waals surface area contributed by atoms with Crippen LogP contribution >= 0.6 is 0 Å². The number of rotatable bonds is 5. The van der Waals surface area contributed by atoms with Gasteiger partial charge in [-0.2, -0.15) is 0 Å². The van der Waals surface area contributed by atoms with E-state index in [1.807, 2.05) is 25.1 Å². The van der Waals surface area contributed by atoms with Gasteiger partial charge < -0.3 is 15.3 Å². The van der Waals surface area contributed by atoms with Crippen molar-refractivity contribution in [2.24, 2.45) is 0 Å². The second-order valence-corrected chi connectivity index (χ2v) is 6.16. The maximum absolute atomic E-state index is 12.2. The van der Waals surface area contributed by atoms with Crippen LogP contribution in [0.5, 0.6) is 0 Å². The SMILES string of the molecule is Cc1ccc(CNC(=O)C(O)c2ccccc2)c(N2CCCC2)n1. The Bertz CT molecular complexity index is 697. The molecule has 1 unspecified atom stereocenters. The molecular formula is C19H23N3O2. The zero-order valence-electron chi connectivity index (χ0n) is 13.9. The number of aryl methyl sites for hydroxylation is 1. The van der Waals surface area contributed by atoms with Crippen LogP contribution in [0.4, 0.5) is 5.82 Å². The third kappa shape index (κ3) is 3.74. The standard InChI is InChI=1S/C19H23N3O2/c1-14-9-10-16(18(21-14)22-11-5-6-12-22)13-20-19(24)17(23)15-7-3-2-4-8-15/h2-4,7-10,17,23H,5-6,11-13H2,1H3,(H,20,24). The van der Waals surface area contributed by atoms with Crippen molar-refractivity contribution in [2.75, 3.05) is 18.0 Å². The average Bonchev–Trinajstić information content (AvgIpc) is 3.15. The van der Waals surface area contributed by atoms with E-state index < -0.39 is 12.0 Å². The van der Waals surface area contributed by atoms with Crippen molar-refractivity contribution in [1.29, 1.82) is 0 Å². The molecule has 1 aromatic carbocycles. The summed E-state index contributed by atoms with van der Waals surface area (Å²) in [5, 5.41) is 13.0. The molecule has 3 rings (SSSR count). The molecule has 1 amide bonds. The third-order valence-corrected chi connectivity index (χ3v) is 4.32. The number of aliphatic hydroxyl groups excluding tert-OH is 1. The van der Waals surface area contributed by atoms with E-state index in [1.165, 1.54) is 12.8 Å². The molecule has 0 aliphatic carbocycles. The van der Waals surface area contributed by atoms with Gasteiger partial charge in [0.2, 0.25) is 0 Å². The van der Waals surface area contributed by atoms with Crippen molar-refractivity contribution in [3.63, 3.8) is 0 Å². The quantitative estimate of drug-likeness (QED) is 0.885. The molecule has 0 saturated carbocycles. The summed E-state index contributed by atoms with van der Waals surface area (Å²) in [4.78, 5) is 19.1. The highest BCUT2D eigenvalue weighted by Gasteiger charge is 2.20. The molecule has 126 valence electrons. The van der Waals surface area contributed by atoms with Crippen LogP contribution in [0.25, 0.3) is 0 Å². The van der Waals surface area contributed by atoms with Gasteiger partial charge in [-0.05, 0) is 31.4 Å². The van der Waals surface area contributed by atoms with Gasteiger partial charge in [-0.15, -0.1) is 0 Å². The fourth-order valence-electron chi connectivity index (χ4n) is 2.98. The number of hydrogen-bond acceptors (Lipinski definition) is 4. The second kappa shape index (κ2) is 7.45. The highest BCUT2D eigenvalue weighted by atomic mass is 16.3. The molecule has 1 aliphatic rings. The Labute approximate surface area is 142 Å². The van der Waals surface area contributed by atoms with Crippen LogP contribution < -0.4 is 10.2 Å². The number of hydrogen-bond donors (Lipinski definition) is 2. The number of amides is 1. The minimum Gasteiger partial charge on any atom is -0.378 e. The van der Waals surface area contributed by atoms with Crippen molar-refractivity contribution in [2.45, 2.75) is 32.4 Å².